The van der Waals surface area contributed by atoms with Crippen LogP contribution in [0.25, 0.3) is 11.3 Å². The van der Waals surface area contributed by atoms with E-state index in [1.807, 2.05) is 0 Å². The number of aromatic nitrogens is 1. The Labute approximate surface area is 189 Å². The van der Waals surface area contributed by atoms with Gasteiger partial charge in [0.1, 0.15) is 0 Å². The van der Waals surface area contributed by atoms with Crippen molar-refractivity contribution in [3.8, 4) is 11.3 Å². The number of carbonyl (C=O) groups is 1. The van der Waals surface area contributed by atoms with Crippen LogP contribution in [0.15, 0.2) is 52.7 Å². The number of nitrogens with one attached hydrogen (secondary N) is 1. The van der Waals surface area contributed by atoms with Crippen molar-refractivity contribution in [1.82, 2.24) is 9.29 Å². The fourth-order valence-corrected chi connectivity index (χ4v) is 5.75. The Morgan fingerprint density at radius 3 is 2.44 bits per heavy atom. The molecule has 1 aromatic heterocycles. The molecule has 10 heteroatoms. The van der Waals surface area contributed by atoms with Crippen LogP contribution in [-0.4, -0.2) is 36.7 Å². The molecule has 1 aliphatic heterocycles. The monoisotopic (exact) mass is 477 g/mol. The third-order valence-corrected chi connectivity index (χ3v) is 7.88. The Kier molecular flexibility index (Phi) is 6.63. The third kappa shape index (κ3) is 5.03. The lowest BCUT2D eigenvalue weighted by Gasteiger charge is -2.25. The zero-order valence-electron chi connectivity index (χ0n) is 17.1. The Bertz CT molecular complexity index is 1220. The number of amides is 1. The van der Waals surface area contributed by atoms with Crippen molar-refractivity contribution in [2.45, 2.75) is 30.6 Å². The molecule has 1 amide bonds. The minimum Gasteiger partial charge on any atom is -0.302 e. The number of sulfonamides is 1. The first-order chi connectivity index (χ1) is 15.3. The van der Waals surface area contributed by atoms with Gasteiger partial charge in [-0.15, -0.1) is 11.3 Å². The molecule has 6 nitrogen and oxygen atoms in total. The van der Waals surface area contributed by atoms with Crippen LogP contribution in [0.3, 0.4) is 0 Å². The summed E-state index contributed by atoms with van der Waals surface area (Å²) in [6.07, 6.45) is 2.82. The molecular formula is C22H21F2N3O3S2. The van der Waals surface area contributed by atoms with E-state index in [0.29, 0.717) is 35.0 Å². The van der Waals surface area contributed by atoms with Crippen LogP contribution in [0, 0.1) is 11.6 Å². The number of anilines is 1. The molecule has 32 heavy (non-hydrogen) atoms. The molecule has 0 bridgehead atoms. The van der Waals surface area contributed by atoms with Gasteiger partial charge in [0.2, 0.25) is 15.9 Å². The summed E-state index contributed by atoms with van der Waals surface area (Å²) in [5.74, 6) is -2.22. The summed E-state index contributed by atoms with van der Waals surface area (Å²) in [5, 5.41) is 4.65. The molecule has 2 aromatic carbocycles. The summed E-state index contributed by atoms with van der Waals surface area (Å²) in [4.78, 5) is 16.8. The fourth-order valence-electron chi connectivity index (χ4n) is 3.50. The molecule has 168 valence electrons. The number of nitrogens with zero attached hydrogens (tertiary/aromatic N) is 2. The van der Waals surface area contributed by atoms with E-state index in [1.54, 1.807) is 17.5 Å². The fraction of sp³-hybridized carbons (Fsp3) is 0.273. The van der Waals surface area contributed by atoms with Gasteiger partial charge in [-0.05, 0) is 48.7 Å². The number of hydrogen-bond acceptors (Lipinski definition) is 5. The molecule has 1 saturated heterocycles. The van der Waals surface area contributed by atoms with E-state index in [0.717, 1.165) is 31.4 Å². The van der Waals surface area contributed by atoms with E-state index >= 15 is 0 Å². The zero-order valence-corrected chi connectivity index (χ0v) is 18.7. The highest BCUT2D eigenvalue weighted by molar-refractivity contribution is 7.89. The van der Waals surface area contributed by atoms with E-state index < -0.39 is 21.7 Å². The standard InChI is InChI=1S/C22H21F2N3O3S2/c23-18-9-6-16(13-19(18)24)20-14-31-22(25-20)26-21(28)12-15-4-7-17(8-5-15)32(29,30)27-10-2-1-3-11-27/h4-9,13-14H,1-3,10-12H2,(H,25,26,28). The molecule has 3 aromatic rings. The predicted molar refractivity (Wildman–Crippen MR) is 119 cm³/mol. The number of carbonyl (C=O) groups excluding carboxylic acids is 1. The number of benzene rings is 2. The van der Waals surface area contributed by atoms with Gasteiger partial charge in [0.25, 0.3) is 0 Å². The van der Waals surface area contributed by atoms with Crippen molar-refractivity contribution in [3.63, 3.8) is 0 Å². The first-order valence-corrected chi connectivity index (χ1v) is 12.4. The van der Waals surface area contributed by atoms with Crippen LogP contribution in [0.1, 0.15) is 24.8 Å². The second kappa shape index (κ2) is 9.43. The van der Waals surface area contributed by atoms with Crippen LogP contribution in [0.2, 0.25) is 0 Å². The molecule has 1 fully saturated rings. The van der Waals surface area contributed by atoms with Crippen LogP contribution < -0.4 is 5.32 Å². The maximum atomic E-state index is 13.4. The smallest absolute Gasteiger partial charge is 0.243 e. The van der Waals surface area contributed by atoms with Crippen molar-refractivity contribution >= 4 is 32.4 Å². The first-order valence-electron chi connectivity index (χ1n) is 10.1. The maximum Gasteiger partial charge on any atom is 0.243 e. The molecule has 4 rings (SSSR count). The van der Waals surface area contributed by atoms with Gasteiger partial charge < -0.3 is 5.32 Å². The molecule has 1 aliphatic rings. The average Bonchev–Trinajstić information content (AvgIpc) is 3.25. The van der Waals surface area contributed by atoms with E-state index in [4.69, 9.17) is 0 Å². The summed E-state index contributed by atoms with van der Waals surface area (Å²) < 4.78 is 53.5. The minimum absolute atomic E-state index is 0.0458. The van der Waals surface area contributed by atoms with E-state index in [9.17, 15) is 22.0 Å². The molecule has 0 radical (unpaired) electrons. The second-order valence-electron chi connectivity index (χ2n) is 7.50. The van der Waals surface area contributed by atoms with Gasteiger partial charge in [-0.1, -0.05) is 18.6 Å². The minimum atomic E-state index is -3.51. The van der Waals surface area contributed by atoms with Crippen molar-refractivity contribution in [2.75, 3.05) is 18.4 Å². The lowest BCUT2D eigenvalue weighted by atomic mass is 10.1. The maximum absolute atomic E-state index is 13.4. The number of rotatable bonds is 6. The van der Waals surface area contributed by atoms with Gasteiger partial charge in [0, 0.05) is 24.0 Å². The molecule has 0 saturated carbocycles. The van der Waals surface area contributed by atoms with Gasteiger partial charge in [0.15, 0.2) is 16.8 Å². The van der Waals surface area contributed by atoms with Crippen molar-refractivity contribution in [3.05, 3.63) is 65.0 Å². The Morgan fingerprint density at radius 1 is 1.03 bits per heavy atom. The summed E-state index contributed by atoms with van der Waals surface area (Å²) in [6, 6.07) is 9.80. The Hall–Kier alpha value is -2.69. The summed E-state index contributed by atoms with van der Waals surface area (Å²) >= 11 is 1.17. The van der Waals surface area contributed by atoms with Gasteiger partial charge in [-0.3, -0.25) is 4.79 Å². The summed E-state index contributed by atoms with van der Waals surface area (Å²) in [7, 11) is -3.51. The van der Waals surface area contributed by atoms with Gasteiger partial charge in [-0.2, -0.15) is 4.31 Å². The molecule has 0 unspecified atom stereocenters. The molecule has 0 aliphatic carbocycles. The van der Waals surface area contributed by atoms with E-state index in [1.165, 1.54) is 33.8 Å². The molecule has 2 heterocycles. The number of hydrogen-bond donors (Lipinski definition) is 1. The lowest BCUT2D eigenvalue weighted by Crippen LogP contribution is -2.35. The normalized spacial score (nSPS) is 14.9. The Balaban J connectivity index is 1.38. The van der Waals surface area contributed by atoms with Gasteiger partial charge >= 0.3 is 0 Å². The molecule has 0 spiro atoms. The molecular weight excluding hydrogens is 456 g/mol. The van der Waals surface area contributed by atoms with E-state index in [2.05, 4.69) is 10.3 Å². The quantitative estimate of drug-likeness (QED) is 0.569. The van der Waals surface area contributed by atoms with Crippen molar-refractivity contribution in [2.24, 2.45) is 0 Å². The van der Waals surface area contributed by atoms with Crippen LogP contribution in [-0.2, 0) is 21.2 Å². The van der Waals surface area contributed by atoms with E-state index in [-0.39, 0.29) is 17.2 Å². The molecule has 1 N–H and O–H groups in total. The SMILES string of the molecule is O=C(Cc1ccc(S(=O)(=O)N2CCCCC2)cc1)Nc1nc(-c2ccc(F)c(F)c2)cs1. The highest BCUT2D eigenvalue weighted by Gasteiger charge is 2.25. The third-order valence-electron chi connectivity index (χ3n) is 5.21. The highest BCUT2D eigenvalue weighted by atomic mass is 32.2. The summed E-state index contributed by atoms with van der Waals surface area (Å²) in [6.45, 7) is 1.07. The lowest BCUT2D eigenvalue weighted by molar-refractivity contribution is -0.115. The van der Waals surface area contributed by atoms with Crippen LogP contribution in [0.5, 0.6) is 0 Å². The van der Waals surface area contributed by atoms with Gasteiger partial charge in [-0.25, -0.2) is 22.2 Å². The van der Waals surface area contributed by atoms with Crippen molar-refractivity contribution < 1.29 is 22.0 Å². The van der Waals surface area contributed by atoms with Crippen LogP contribution in [0.4, 0.5) is 13.9 Å². The highest BCUT2D eigenvalue weighted by Crippen LogP contribution is 2.26. The summed E-state index contributed by atoms with van der Waals surface area (Å²) in [5.41, 5.74) is 1.50. The van der Waals surface area contributed by atoms with Gasteiger partial charge in [0.05, 0.1) is 17.0 Å². The Morgan fingerprint density at radius 2 is 1.75 bits per heavy atom. The number of piperidine rings is 1. The topological polar surface area (TPSA) is 79.4 Å². The van der Waals surface area contributed by atoms with Crippen LogP contribution >= 0.6 is 11.3 Å². The number of halogens is 2. The first kappa shape index (κ1) is 22.5. The largest absolute Gasteiger partial charge is 0.302 e. The number of thiazole rings is 1. The zero-order chi connectivity index (χ0) is 22.7. The average molecular weight is 478 g/mol. The predicted octanol–water partition coefficient (Wildman–Crippen LogP) is 4.44. The van der Waals surface area contributed by atoms with Crippen molar-refractivity contribution in [1.29, 1.82) is 0 Å². The molecule has 0 atom stereocenters. The second-order valence-corrected chi connectivity index (χ2v) is 10.3.